The molecule has 0 aromatic heterocycles. The average molecular weight is 258 g/mol. The molecule has 2 aliphatic rings. The number of nitrogens with zero attached hydrogens (tertiary/aromatic N) is 2. The maximum Gasteiger partial charge on any atom is 0.416 e. The van der Waals surface area contributed by atoms with Crippen molar-refractivity contribution in [1.29, 1.82) is 0 Å². The van der Waals surface area contributed by atoms with Gasteiger partial charge in [-0.1, -0.05) is 0 Å². The van der Waals surface area contributed by atoms with Crippen molar-refractivity contribution >= 4 is 18.0 Å². The summed E-state index contributed by atoms with van der Waals surface area (Å²) in [4.78, 5) is 36.2. The SMILES string of the molecule is O=C(O)C1CC(O)CN1CC(=O)N1CCOC1=O. The van der Waals surface area contributed by atoms with Gasteiger partial charge in [-0.15, -0.1) is 0 Å². The fourth-order valence-electron chi connectivity index (χ4n) is 2.19. The van der Waals surface area contributed by atoms with Crippen LogP contribution in [0.3, 0.4) is 0 Å². The number of β-amino-alcohol motifs (C(OH)–C–C–N with tert-alkyl or cyclic N) is 1. The Hall–Kier alpha value is -1.67. The van der Waals surface area contributed by atoms with Crippen molar-refractivity contribution in [3.05, 3.63) is 0 Å². The third-order valence-electron chi connectivity index (χ3n) is 3.07. The number of imide groups is 1. The van der Waals surface area contributed by atoms with E-state index < -0.39 is 30.1 Å². The molecule has 2 rings (SSSR count). The standard InChI is InChI=1S/C10H14N2O6/c13-6-3-7(9(15)16)11(4-6)5-8(14)12-1-2-18-10(12)17/h6-7,13H,1-5H2,(H,15,16). The molecule has 2 atom stereocenters. The third-order valence-corrected chi connectivity index (χ3v) is 3.07. The van der Waals surface area contributed by atoms with Gasteiger partial charge in [0.15, 0.2) is 0 Å². The maximum atomic E-state index is 11.8. The van der Waals surface area contributed by atoms with Crippen LogP contribution in [0.2, 0.25) is 0 Å². The quantitative estimate of drug-likeness (QED) is 0.633. The van der Waals surface area contributed by atoms with Crippen LogP contribution in [0.4, 0.5) is 4.79 Å². The zero-order valence-corrected chi connectivity index (χ0v) is 9.61. The number of carbonyl (C=O) groups is 3. The van der Waals surface area contributed by atoms with Gasteiger partial charge in [0.1, 0.15) is 12.6 Å². The van der Waals surface area contributed by atoms with Gasteiger partial charge in [-0.3, -0.25) is 14.5 Å². The molecule has 2 amide bonds. The second-order valence-corrected chi connectivity index (χ2v) is 4.33. The van der Waals surface area contributed by atoms with E-state index in [2.05, 4.69) is 4.74 Å². The number of cyclic esters (lactones) is 1. The number of carboxylic acids is 1. The normalized spacial score (nSPS) is 28.5. The van der Waals surface area contributed by atoms with Gasteiger partial charge in [-0.05, 0) is 0 Å². The highest BCUT2D eigenvalue weighted by Gasteiger charge is 2.39. The molecule has 8 heteroatoms. The smallest absolute Gasteiger partial charge is 0.416 e. The minimum absolute atomic E-state index is 0.0903. The molecule has 0 aromatic carbocycles. The summed E-state index contributed by atoms with van der Waals surface area (Å²) in [5.41, 5.74) is 0. The number of hydrogen-bond donors (Lipinski definition) is 2. The molecule has 18 heavy (non-hydrogen) atoms. The molecule has 2 saturated heterocycles. The van der Waals surface area contributed by atoms with Gasteiger partial charge in [0.2, 0.25) is 5.91 Å². The largest absolute Gasteiger partial charge is 0.480 e. The number of aliphatic hydroxyl groups is 1. The van der Waals surface area contributed by atoms with Crippen LogP contribution in [0.25, 0.3) is 0 Å². The van der Waals surface area contributed by atoms with Crippen LogP contribution in [0.15, 0.2) is 0 Å². The molecule has 2 N–H and O–H groups in total. The van der Waals surface area contributed by atoms with E-state index in [4.69, 9.17) is 5.11 Å². The van der Waals surface area contributed by atoms with Crippen molar-refractivity contribution in [2.75, 3.05) is 26.2 Å². The van der Waals surface area contributed by atoms with Crippen LogP contribution in [-0.2, 0) is 14.3 Å². The molecule has 0 aromatic rings. The van der Waals surface area contributed by atoms with Crippen LogP contribution < -0.4 is 0 Å². The number of carboxylic acid groups (broad SMARTS) is 1. The number of hydrogen-bond acceptors (Lipinski definition) is 6. The summed E-state index contributed by atoms with van der Waals surface area (Å²) in [6, 6.07) is -0.887. The van der Waals surface area contributed by atoms with Gasteiger partial charge in [0.05, 0.1) is 19.2 Å². The number of aliphatic carboxylic acids is 1. The molecule has 2 aliphatic heterocycles. The highest BCUT2D eigenvalue weighted by Crippen LogP contribution is 2.18. The van der Waals surface area contributed by atoms with Crippen LogP contribution in [-0.4, -0.2) is 76.4 Å². The van der Waals surface area contributed by atoms with Crippen LogP contribution >= 0.6 is 0 Å². The number of amides is 2. The van der Waals surface area contributed by atoms with E-state index in [-0.39, 0.29) is 32.7 Å². The second kappa shape index (κ2) is 4.91. The summed E-state index contributed by atoms with van der Waals surface area (Å²) in [7, 11) is 0. The van der Waals surface area contributed by atoms with Crippen LogP contribution in [0.5, 0.6) is 0 Å². The Bertz CT molecular complexity index is 385. The molecule has 0 aliphatic carbocycles. The predicted molar refractivity (Wildman–Crippen MR) is 56.7 cm³/mol. The Morgan fingerprint density at radius 2 is 2.17 bits per heavy atom. The van der Waals surface area contributed by atoms with E-state index in [1.807, 2.05) is 0 Å². The zero-order valence-electron chi connectivity index (χ0n) is 9.61. The monoisotopic (exact) mass is 258 g/mol. The first-order valence-electron chi connectivity index (χ1n) is 5.61. The Balaban J connectivity index is 1.97. The number of carbonyl (C=O) groups excluding carboxylic acids is 2. The van der Waals surface area contributed by atoms with Crippen molar-refractivity contribution in [2.24, 2.45) is 0 Å². The van der Waals surface area contributed by atoms with Crippen LogP contribution in [0.1, 0.15) is 6.42 Å². The van der Waals surface area contributed by atoms with Gasteiger partial charge in [0, 0.05) is 13.0 Å². The van der Waals surface area contributed by atoms with Crippen molar-refractivity contribution in [1.82, 2.24) is 9.80 Å². The highest BCUT2D eigenvalue weighted by atomic mass is 16.6. The Labute approximate surface area is 103 Å². The Morgan fingerprint density at radius 3 is 2.72 bits per heavy atom. The maximum absolute atomic E-state index is 11.8. The van der Waals surface area contributed by atoms with Gasteiger partial charge < -0.3 is 14.9 Å². The summed E-state index contributed by atoms with van der Waals surface area (Å²) in [6.07, 6.45) is -1.37. The van der Waals surface area contributed by atoms with Gasteiger partial charge >= 0.3 is 12.1 Å². The minimum Gasteiger partial charge on any atom is -0.480 e. The first kappa shape index (κ1) is 12.8. The summed E-state index contributed by atoms with van der Waals surface area (Å²) >= 11 is 0. The topological polar surface area (TPSA) is 107 Å². The van der Waals surface area contributed by atoms with Gasteiger partial charge in [-0.2, -0.15) is 0 Å². The Morgan fingerprint density at radius 1 is 1.44 bits per heavy atom. The second-order valence-electron chi connectivity index (χ2n) is 4.33. The molecule has 100 valence electrons. The first-order valence-corrected chi connectivity index (χ1v) is 5.61. The van der Waals surface area contributed by atoms with Crippen molar-refractivity contribution in [2.45, 2.75) is 18.6 Å². The van der Waals surface area contributed by atoms with E-state index in [9.17, 15) is 19.5 Å². The van der Waals surface area contributed by atoms with Crippen molar-refractivity contribution < 1.29 is 29.3 Å². The van der Waals surface area contributed by atoms with Crippen molar-refractivity contribution in [3.63, 3.8) is 0 Å². The lowest BCUT2D eigenvalue weighted by atomic mass is 10.2. The summed E-state index contributed by atoms with van der Waals surface area (Å²) in [5, 5.41) is 18.4. The molecule has 2 fully saturated rings. The van der Waals surface area contributed by atoms with E-state index in [0.29, 0.717) is 0 Å². The fourth-order valence-corrected chi connectivity index (χ4v) is 2.19. The lowest BCUT2D eigenvalue weighted by Crippen LogP contribution is -2.45. The lowest BCUT2D eigenvalue weighted by Gasteiger charge is -2.21. The zero-order chi connectivity index (χ0) is 13.3. The average Bonchev–Trinajstić information content (AvgIpc) is 2.84. The lowest BCUT2D eigenvalue weighted by molar-refractivity contribution is -0.143. The number of likely N-dealkylation sites (tertiary alicyclic amines) is 1. The molecule has 8 nitrogen and oxygen atoms in total. The summed E-state index contributed by atoms with van der Waals surface area (Å²) < 4.78 is 4.63. The fraction of sp³-hybridized carbons (Fsp3) is 0.700. The summed E-state index contributed by atoms with van der Waals surface area (Å²) in [6.45, 7) is 0.260. The minimum atomic E-state index is -1.08. The Kier molecular flexibility index (Phi) is 3.48. The number of ether oxygens (including phenoxy) is 1. The number of rotatable bonds is 3. The first-order chi connectivity index (χ1) is 8.49. The molecule has 2 unspecified atom stereocenters. The molecular formula is C10H14N2O6. The predicted octanol–water partition coefficient (Wildman–Crippen LogP) is -1.51. The van der Waals surface area contributed by atoms with E-state index >= 15 is 0 Å². The molecule has 0 radical (unpaired) electrons. The number of aliphatic hydroxyl groups excluding tert-OH is 1. The summed E-state index contributed by atoms with van der Waals surface area (Å²) in [5.74, 6) is -1.58. The van der Waals surface area contributed by atoms with Crippen molar-refractivity contribution in [3.8, 4) is 0 Å². The van der Waals surface area contributed by atoms with E-state index in [1.54, 1.807) is 0 Å². The highest BCUT2D eigenvalue weighted by molar-refractivity contribution is 5.94. The van der Waals surface area contributed by atoms with Gasteiger partial charge in [0.25, 0.3) is 0 Å². The molecule has 0 bridgehead atoms. The van der Waals surface area contributed by atoms with E-state index in [0.717, 1.165) is 4.90 Å². The van der Waals surface area contributed by atoms with Gasteiger partial charge in [-0.25, -0.2) is 9.69 Å². The molecular weight excluding hydrogens is 244 g/mol. The van der Waals surface area contributed by atoms with Crippen LogP contribution in [0, 0.1) is 0 Å². The molecule has 2 heterocycles. The third kappa shape index (κ3) is 2.44. The molecule has 0 saturated carbocycles. The molecule has 0 spiro atoms. The van der Waals surface area contributed by atoms with E-state index in [1.165, 1.54) is 4.90 Å².